The van der Waals surface area contributed by atoms with Crippen molar-refractivity contribution in [3.63, 3.8) is 0 Å². The highest BCUT2D eigenvalue weighted by molar-refractivity contribution is 6.21. The molecule has 0 aromatic carbocycles. The molecule has 0 radical (unpaired) electrons. The summed E-state index contributed by atoms with van der Waals surface area (Å²) < 4.78 is 83.0. The number of hydrogen-bond donors (Lipinski definition) is 4. The number of esters is 2. The lowest BCUT2D eigenvalue weighted by Gasteiger charge is -2.56. The van der Waals surface area contributed by atoms with Crippen LogP contribution in [0.15, 0.2) is 58.4 Å². The predicted molar refractivity (Wildman–Crippen MR) is 333 cm³/mol. The van der Waals surface area contributed by atoms with Crippen LogP contribution in [0.25, 0.3) is 0 Å². The first-order chi connectivity index (χ1) is 44.2. The van der Waals surface area contributed by atoms with Crippen LogP contribution in [0.5, 0.6) is 0 Å². The SMILES string of the molecule is COC(=O)N[C@H]1[C@@H](C)O[C@@H](O[C@H]2C/C=C(\C)[C@@H]3C=CC4[C@@H](O[C@H]5C[C@@H](O[C@@]6(C)CCC(O[C@H]7C[C@@H](C)C(O[C@H]8CC[C@@H](O)[C@H](C)O8)[C@H](C)O7)[C@H](C)O6)[C@@H](OC(C)=O)[C@H](C)O5)[C@@H](C)C[C@H](C)[C@H]4[C@]3(C)C(=O)C3=C(O)C4(CC(C=O)=C[C@H](O)[C@H]4/C=C/2C)OC3=O)C[C@]1(C)[N+](=O)[O-]. The number of allylic oxidation sites excluding steroid dienone is 2. The van der Waals surface area contributed by atoms with Gasteiger partial charge in [-0.25, -0.2) is 9.59 Å². The number of alkyl carbamates (subject to hydrolysis) is 1. The van der Waals surface area contributed by atoms with Crippen molar-refractivity contribution in [2.75, 3.05) is 7.11 Å². The lowest BCUT2D eigenvalue weighted by atomic mass is 9.48. The van der Waals surface area contributed by atoms with Gasteiger partial charge < -0.3 is 82.2 Å². The van der Waals surface area contributed by atoms with E-state index in [-0.39, 0.29) is 73.4 Å². The maximum absolute atomic E-state index is 16.2. The number of rotatable bonds is 14. The minimum atomic E-state index is -2.12. The van der Waals surface area contributed by atoms with E-state index in [2.05, 4.69) is 32.2 Å². The van der Waals surface area contributed by atoms with Gasteiger partial charge >= 0.3 is 18.0 Å². The first-order valence-electron chi connectivity index (χ1n) is 33.8. The molecule has 2 bridgehead atoms. The minimum Gasteiger partial charge on any atom is -0.507 e. The molecule has 94 heavy (non-hydrogen) atoms. The molecular weight excluding hydrogens is 1220 g/mol. The number of carbonyl (C=O) groups excluding carboxylic acids is 5. The normalized spacial score (nSPS) is 47.8. The number of nitrogens with zero attached hydrogens (tertiary/aromatic N) is 1. The van der Waals surface area contributed by atoms with Gasteiger partial charge in [0.2, 0.25) is 5.54 Å². The van der Waals surface area contributed by atoms with E-state index < -0.39 is 172 Å². The second-order valence-corrected chi connectivity index (χ2v) is 29.3. The number of aliphatic hydroxyl groups excluding tert-OH is 3. The average molecular weight is 1330 g/mol. The highest BCUT2D eigenvalue weighted by Gasteiger charge is 2.65. The number of fused-ring (bicyclic) bond motifs is 3. The second-order valence-electron chi connectivity index (χ2n) is 29.3. The lowest BCUT2D eigenvalue weighted by Crippen LogP contribution is -2.65. The molecule has 6 aliphatic heterocycles. The number of aliphatic hydroxyl groups is 3. The Balaban J connectivity index is 0.911. The fraction of sp³-hybridized carbons (Fsp3) is 0.783. The number of ketones is 1. The molecule has 0 aromatic heterocycles. The number of nitro groups is 1. The summed E-state index contributed by atoms with van der Waals surface area (Å²) in [5.41, 5.74) is -4.85. The Labute approximate surface area is 550 Å². The molecule has 5 saturated heterocycles. The number of amides is 1. The molecule has 1 saturated carbocycles. The smallest absolute Gasteiger partial charge is 0.407 e. The molecule has 25 nitrogen and oxygen atoms in total. The molecule has 524 valence electrons. The molecule has 10 aliphatic rings. The predicted octanol–water partition coefficient (Wildman–Crippen LogP) is 8.03. The van der Waals surface area contributed by atoms with Crippen LogP contribution in [-0.2, 0) is 80.8 Å². The van der Waals surface area contributed by atoms with Crippen molar-refractivity contribution >= 4 is 30.1 Å². The van der Waals surface area contributed by atoms with E-state index in [4.69, 9.17) is 61.6 Å². The Morgan fingerprint density at radius 1 is 0.755 bits per heavy atom. The highest BCUT2D eigenvalue weighted by Crippen LogP contribution is 2.60. The first kappa shape index (κ1) is 71.7. The van der Waals surface area contributed by atoms with Gasteiger partial charge in [-0.05, 0) is 122 Å². The molecule has 6 heterocycles. The van der Waals surface area contributed by atoms with Crippen LogP contribution in [0.4, 0.5) is 4.79 Å². The molecule has 1 amide bonds. The number of methoxy groups -OCH3 is 1. The zero-order chi connectivity index (χ0) is 68.4. The molecule has 4 N–H and O–H groups in total. The number of nitrogens with one attached hydrogen (secondary N) is 1. The summed E-state index contributed by atoms with van der Waals surface area (Å²) in [5.74, 6) is -7.54. The Kier molecular flexibility index (Phi) is 21.4. The van der Waals surface area contributed by atoms with E-state index in [1.165, 1.54) is 19.9 Å². The maximum Gasteiger partial charge on any atom is 0.407 e. The van der Waals surface area contributed by atoms with Gasteiger partial charge in [-0.3, -0.25) is 24.5 Å². The maximum atomic E-state index is 16.2. The van der Waals surface area contributed by atoms with Gasteiger partial charge in [0.05, 0.1) is 86.6 Å². The van der Waals surface area contributed by atoms with Crippen LogP contribution in [0.2, 0.25) is 0 Å². The van der Waals surface area contributed by atoms with Gasteiger partial charge in [-0.15, -0.1) is 0 Å². The van der Waals surface area contributed by atoms with Crippen molar-refractivity contribution in [1.82, 2.24) is 5.32 Å². The molecular formula is C69H100N2O23. The Morgan fingerprint density at radius 3 is 2.06 bits per heavy atom. The van der Waals surface area contributed by atoms with E-state index in [0.717, 1.165) is 7.11 Å². The summed E-state index contributed by atoms with van der Waals surface area (Å²) in [6.07, 6.45) is -0.309. The van der Waals surface area contributed by atoms with Crippen LogP contribution in [-0.4, -0.2) is 185 Å². The molecule has 4 unspecified atom stereocenters. The van der Waals surface area contributed by atoms with E-state index in [1.807, 2.05) is 46.8 Å². The van der Waals surface area contributed by atoms with Crippen LogP contribution < -0.4 is 5.32 Å². The van der Waals surface area contributed by atoms with E-state index in [9.17, 15) is 44.6 Å². The van der Waals surface area contributed by atoms with E-state index in [0.29, 0.717) is 56.0 Å². The molecule has 0 aromatic rings. The number of aldehydes is 1. The van der Waals surface area contributed by atoms with Gasteiger partial charge in [0.1, 0.15) is 24.0 Å². The summed E-state index contributed by atoms with van der Waals surface area (Å²) in [6.45, 7) is 25.4. The van der Waals surface area contributed by atoms with Crippen molar-refractivity contribution in [3.8, 4) is 0 Å². The second kappa shape index (κ2) is 28.1. The summed E-state index contributed by atoms with van der Waals surface area (Å²) in [7, 11) is 1.15. The monoisotopic (exact) mass is 1320 g/mol. The van der Waals surface area contributed by atoms with Gasteiger partial charge in [0.25, 0.3) is 0 Å². The van der Waals surface area contributed by atoms with Crippen molar-refractivity contribution in [1.29, 1.82) is 0 Å². The van der Waals surface area contributed by atoms with Gasteiger partial charge in [-0.1, -0.05) is 57.6 Å². The van der Waals surface area contributed by atoms with E-state index in [1.54, 1.807) is 33.8 Å². The van der Waals surface area contributed by atoms with Crippen molar-refractivity contribution in [3.05, 3.63) is 68.5 Å². The standard InChI is InChI=1S/C69H100N2O23/c1-32-16-20-49(88-55-30-66(12,71(80)81)61(41(10)86-55)70-65(79)82-15)33(2)25-46-48(75)27-43(31-72)29-69(46)63(77)56(64(78)94-69)62(76)68(14)45(32)18-17-44-57(68)34(3)24-35(4)59(44)91-54-28-51(60(40(9)85-54)87-42(11)73)93-67(13)23-22-50(38(7)92-67)89-53-26-36(5)58(39(8)84-53)90-52-21-19-47(74)37(6)83-52/h16-18,25,27,31,34-41,44-55,57-61,74-75,77H,19-24,26,28-30H2,1-15H3,(H,70,79)/b32-16+,33-25+/t34-,35-,36+,37-,38-,39-,40-,41+,44?,45-,46+,47+,48-,49-,50?,51+,52-,53-,54-,55-,57+,58?,59-,60-,61-,66-,67-,68+,69?/m0/s1. The molecule has 6 fully saturated rings. The highest BCUT2D eigenvalue weighted by atomic mass is 16.8. The van der Waals surface area contributed by atoms with Crippen LogP contribution in [0, 0.1) is 57.0 Å². The third-order valence-electron chi connectivity index (χ3n) is 22.4. The van der Waals surface area contributed by atoms with E-state index >= 15 is 4.79 Å². The Bertz CT molecular complexity index is 3010. The van der Waals surface area contributed by atoms with Gasteiger partial charge in [0.15, 0.2) is 54.2 Å². The van der Waals surface area contributed by atoms with Crippen molar-refractivity contribution in [2.45, 2.75) is 289 Å². The fourth-order valence-electron chi connectivity index (χ4n) is 17.5. The van der Waals surface area contributed by atoms with Gasteiger partial charge in [-0.2, -0.15) is 0 Å². The fourth-order valence-corrected chi connectivity index (χ4v) is 17.5. The van der Waals surface area contributed by atoms with Crippen LogP contribution in [0.1, 0.15) is 161 Å². The molecule has 10 rings (SSSR count). The van der Waals surface area contributed by atoms with Gasteiger partial charge in [0, 0.05) is 68.1 Å². The summed E-state index contributed by atoms with van der Waals surface area (Å²) in [5, 5.41) is 50.4. The number of carbonyl (C=O) groups is 5. The Morgan fingerprint density at radius 2 is 1.41 bits per heavy atom. The first-order valence-corrected chi connectivity index (χ1v) is 33.8. The number of Topliss-reactive ketones (excluding diaryl/α,β-unsaturated/α-hetero) is 1. The Hall–Kier alpha value is -5.03. The largest absolute Gasteiger partial charge is 0.507 e. The lowest BCUT2D eigenvalue weighted by molar-refractivity contribution is -0.584. The molecule has 4 aliphatic carbocycles. The quantitative estimate of drug-likeness (QED) is 0.0243. The molecule has 29 atom stereocenters. The van der Waals surface area contributed by atoms with Crippen LogP contribution in [0.3, 0.4) is 0 Å². The zero-order valence-electron chi connectivity index (χ0n) is 56.9. The topological polar surface area (TPSA) is 321 Å². The number of hydrogen-bond acceptors (Lipinski definition) is 23. The van der Waals surface area contributed by atoms with Crippen molar-refractivity contribution in [2.24, 2.45) is 46.8 Å². The van der Waals surface area contributed by atoms with Crippen LogP contribution >= 0.6 is 0 Å². The average Bonchev–Trinajstić information content (AvgIpc) is 1.32. The summed E-state index contributed by atoms with van der Waals surface area (Å²) >= 11 is 0. The summed E-state index contributed by atoms with van der Waals surface area (Å²) in [4.78, 5) is 81.3. The number of ether oxygens (including phenoxy) is 13. The minimum absolute atomic E-state index is 0.0238. The molecule has 1 spiro atoms. The third kappa shape index (κ3) is 13.9. The third-order valence-corrected chi connectivity index (χ3v) is 22.4. The zero-order valence-corrected chi connectivity index (χ0v) is 56.9. The van der Waals surface area contributed by atoms with Crippen molar-refractivity contribution < 1.29 is 106 Å². The summed E-state index contributed by atoms with van der Waals surface area (Å²) in [6, 6.07) is -1.12. The molecule has 25 heteroatoms.